The number of esters is 2. The molecule has 0 aromatic heterocycles. The number of carbonyl (C=O) groups is 2. The number of allylic oxidation sites excluding steroid dienone is 16. The van der Waals surface area contributed by atoms with E-state index in [2.05, 4.69) is 111 Å². The standard InChI is InChI=1S/C48H80NO8P/c1-6-8-10-12-14-16-18-20-22-23-24-25-27-28-30-32-34-36-38-40-47(50)54-44-46(45-56-58(52,53)55-43-42-49(3,4)5)57-48(51)41-39-37-35-33-31-29-26-21-19-17-15-13-11-9-7-2/h9,11,14-17,20-22,24-26,28,30-31,33,46H,6-8,10,12-13,18-19,23,27,29,32,34-45H2,1-5H3/p+1/b11-9+,16-14+,17-15+,22-20+,25-24+,26-21+,30-28+,33-31+/t46-/m1/s1. The van der Waals surface area contributed by atoms with E-state index in [1.807, 2.05) is 21.1 Å². The number of ether oxygens (including phenoxy) is 2. The van der Waals surface area contributed by atoms with Crippen LogP contribution in [0.4, 0.5) is 0 Å². The summed E-state index contributed by atoms with van der Waals surface area (Å²) in [5.74, 6) is -0.895. The Hall–Kier alpha value is -3.07. The van der Waals surface area contributed by atoms with Gasteiger partial charge in [0.15, 0.2) is 6.10 Å². The molecule has 0 heterocycles. The topological polar surface area (TPSA) is 108 Å². The van der Waals surface area contributed by atoms with Gasteiger partial charge in [0.1, 0.15) is 19.8 Å². The van der Waals surface area contributed by atoms with Gasteiger partial charge in [-0.25, -0.2) is 4.57 Å². The van der Waals surface area contributed by atoms with Gasteiger partial charge in [-0.15, -0.1) is 0 Å². The van der Waals surface area contributed by atoms with Crippen molar-refractivity contribution in [2.24, 2.45) is 0 Å². The van der Waals surface area contributed by atoms with Crippen LogP contribution in [0.25, 0.3) is 0 Å². The Morgan fingerprint density at radius 3 is 1.47 bits per heavy atom. The number of hydrogen-bond acceptors (Lipinski definition) is 7. The molecule has 0 aliphatic heterocycles. The second kappa shape index (κ2) is 39.4. The van der Waals surface area contributed by atoms with E-state index in [-0.39, 0.29) is 26.1 Å². The second-order valence-corrected chi connectivity index (χ2v) is 16.8. The number of quaternary nitrogens is 1. The van der Waals surface area contributed by atoms with Gasteiger partial charge >= 0.3 is 19.8 Å². The summed E-state index contributed by atoms with van der Waals surface area (Å²) >= 11 is 0. The molecule has 0 bridgehead atoms. The monoisotopic (exact) mass is 831 g/mol. The van der Waals surface area contributed by atoms with Gasteiger partial charge in [0.2, 0.25) is 0 Å². The lowest BCUT2D eigenvalue weighted by atomic mass is 10.1. The number of unbranched alkanes of at least 4 members (excludes halogenated alkanes) is 8. The van der Waals surface area contributed by atoms with Gasteiger partial charge in [-0.05, 0) is 96.3 Å². The summed E-state index contributed by atoms with van der Waals surface area (Å²) in [6.07, 6.45) is 51.7. The van der Waals surface area contributed by atoms with Crippen LogP contribution < -0.4 is 0 Å². The maximum atomic E-state index is 12.7. The number of likely N-dealkylation sites (N-methyl/N-ethyl adjacent to an activating group) is 1. The lowest BCUT2D eigenvalue weighted by molar-refractivity contribution is -0.870. The highest BCUT2D eigenvalue weighted by atomic mass is 31.2. The van der Waals surface area contributed by atoms with Crippen LogP contribution in [0.5, 0.6) is 0 Å². The van der Waals surface area contributed by atoms with Gasteiger partial charge < -0.3 is 18.9 Å². The van der Waals surface area contributed by atoms with E-state index in [0.717, 1.165) is 77.0 Å². The average molecular weight is 831 g/mol. The molecule has 1 unspecified atom stereocenters. The highest BCUT2D eigenvalue weighted by Gasteiger charge is 2.27. The first-order valence-corrected chi connectivity index (χ1v) is 23.5. The van der Waals surface area contributed by atoms with Gasteiger partial charge in [-0.2, -0.15) is 0 Å². The quantitative estimate of drug-likeness (QED) is 0.0215. The Labute approximate surface area is 353 Å². The third-order valence-corrected chi connectivity index (χ3v) is 9.58. The Kier molecular flexibility index (Phi) is 37.3. The molecule has 1 N–H and O–H groups in total. The predicted molar refractivity (Wildman–Crippen MR) is 242 cm³/mol. The molecular formula is C48H81NO8P+. The first-order valence-electron chi connectivity index (χ1n) is 22.0. The van der Waals surface area contributed by atoms with Crippen LogP contribution in [0.3, 0.4) is 0 Å². The maximum absolute atomic E-state index is 12.7. The molecule has 0 aromatic rings. The summed E-state index contributed by atoms with van der Waals surface area (Å²) in [6.45, 7) is 4.16. The number of phosphoric acid groups is 1. The molecule has 58 heavy (non-hydrogen) atoms. The van der Waals surface area contributed by atoms with E-state index < -0.39 is 32.5 Å². The Bertz CT molecular complexity index is 1300. The Balaban J connectivity index is 4.51. The van der Waals surface area contributed by atoms with Crippen LogP contribution in [0.15, 0.2) is 97.2 Å². The largest absolute Gasteiger partial charge is 0.472 e. The van der Waals surface area contributed by atoms with Gasteiger partial charge in [0, 0.05) is 12.8 Å². The molecule has 10 heteroatoms. The van der Waals surface area contributed by atoms with E-state index >= 15 is 0 Å². The first kappa shape index (κ1) is 54.9. The highest BCUT2D eigenvalue weighted by molar-refractivity contribution is 7.47. The van der Waals surface area contributed by atoms with E-state index in [4.69, 9.17) is 18.5 Å². The minimum Gasteiger partial charge on any atom is -0.462 e. The molecule has 0 amide bonds. The molecule has 0 saturated heterocycles. The molecular weight excluding hydrogens is 750 g/mol. The first-order chi connectivity index (χ1) is 28.0. The predicted octanol–water partition coefficient (Wildman–Crippen LogP) is 12.6. The van der Waals surface area contributed by atoms with E-state index in [1.165, 1.54) is 25.7 Å². The van der Waals surface area contributed by atoms with Gasteiger partial charge in [-0.3, -0.25) is 18.6 Å². The average Bonchev–Trinajstić information content (AvgIpc) is 3.17. The second-order valence-electron chi connectivity index (χ2n) is 15.3. The molecule has 330 valence electrons. The molecule has 0 spiro atoms. The number of rotatable bonds is 38. The smallest absolute Gasteiger partial charge is 0.462 e. The van der Waals surface area contributed by atoms with Crippen LogP contribution in [-0.2, 0) is 32.7 Å². The van der Waals surface area contributed by atoms with Crippen molar-refractivity contribution in [3.63, 3.8) is 0 Å². The van der Waals surface area contributed by atoms with Crippen molar-refractivity contribution in [2.45, 2.75) is 148 Å². The number of hydrogen-bond donors (Lipinski definition) is 1. The third-order valence-electron chi connectivity index (χ3n) is 8.60. The zero-order valence-corrected chi connectivity index (χ0v) is 37.9. The zero-order valence-electron chi connectivity index (χ0n) is 37.0. The fourth-order valence-electron chi connectivity index (χ4n) is 5.16. The summed E-state index contributed by atoms with van der Waals surface area (Å²) in [7, 11) is 1.41. The lowest BCUT2D eigenvalue weighted by Gasteiger charge is -2.24. The molecule has 9 nitrogen and oxygen atoms in total. The van der Waals surface area contributed by atoms with Crippen molar-refractivity contribution in [1.29, 1.82) is 0 Å². The summed E-state index contributed by atoms with van der Waals surface area (Å²) in [5, 5.41) is 0. The van der Waals surface area contributed by atoms with Crippen molar-refractivity contribution >= 4 is 19.8 Å². The van der Waals surface area contributed by atoms with Crippen molar-refractivity contribution in [1.82, 2.24) is 0 Å². The van der Waals surface area contributed by atoms with Crippen LogP contribution in [0, 0.1) is 0 Å². The molecule has 0 aliphatic rings. The molecule has 0 rings (SSSR count). The fraction of sp³-hybridized carbons (Fsp3) is 0.625. The van der Waals surface area contributed by atoms with Crippen LogP contribution >= 0.6 is 7.82 Å². The maximum Gasteiger partial charge on any atom is 0.472 e. The highest BCUT2D eigenvalue weighted by Crippen LogP contribution is 2.43. The van der Waals surface area contributed by atoms with E-state index in [0.29, 0.717) is 23.9 Å². The number of phosphoric ester groups is 1. The summed E-state index contributed by atoms with van der Waals surface area (Å²) in [5.41, 5.74) is 0. The normalized spacial score (nSPS) is 14.5. The van der Waals surface area contributed by atoms with Crippen LogP contribution in [0.2, 0.25) is 0 Å². The Morgan fingerprint density at radius 1 is 0.552 bits per heavy atom. The fourth-order valence-corrected chi connectivity index (χ4v) is 5.90. The molecule has 0 saturated carbocycles. The van der Waals surface area contributed by atoms with Crippen molar-refractivity contribution in [3.8, 4) is 0 Å². The van der Waals surface area contributed by atoms with Crippen molar-refractivity contribution in [2.75, 3.05) is 47.5 Å². The summed E-state index contributed by atoms with van der Waals surface area (Å²) in [6, 6.07) is 0. The molecule has 0 aromatic carbocycles. The van der Waals surface area contributed by atoms with Gasteiger partial charge in [0.05, 0.1) is 27.7 Å². The molecule has 2 atom stereocenters. The van der Waals surface area contributed by atoms with E-state index in [1.54, 1.807) is 0 Å². The van der Waals surface area contributed by atoms with Gasteiger partial charge in [0.25, 0.3) is 0 Å². The Morgan fingerprint density at radius 2 is 0.983 bits per heavy atom. The van der Waals surface area contributed by atoms with Crippen LogP contribution in [0.1, 0.15) is 142 Å². The number of nitrogens with zero attached hydrogens (tertiary/aromatic N) is 1. The molecule has 0 aliphatic carbocycles. The minimum absolute atomic E-state index is 0.0123. The number of carbonyl (C=O) groups excluding carboxylic acids is 2. The molecule has 0 fully saturated rings. The van der Waals surface area contributed by atoms with Crippen LogP contribution in [-0.4, -0.2) is 74.9 Å². The SMILES string of the molecule is CC/C=C/C/C=C/C/C=C/C/C=C/CCCCC(=O)O[C@H](COC(=O)CCCCC/C=C/C/C=C/C/C=C/C/C=C/CCCCC)COP(=O)(O)OCC[N+](C)(C)C. The van der Waals surface area contributed by atoms with Crippen molar-refractivity contribution < 1.29 is 42.1 Å². The molecule has 0 radical (unpaired) electrons. The summed E-state index contributed by atoms with van der Waals surface area (Å²) in [4.78, 5) is 35.3. The van der Waals surface area contributed by atoms with Gasteiger partial charge in [-0.1, -0.05) is 130 Å². The zero-order chi connectivity index (χ0) is 42.8. The van der Waals surface area contributed by atoms with E-state index in [9.17, 15) is 19.0 Å². The minimum atomic E-state index is -4.40. The van der Waals surface area contributed by atoms with Crippen molar-refractivity contribution in [3.05, 3.63) is 97.2 Å². The summed E-state index contributed by atoms with van der Waals surface area (Å²) < 4.78 is 34.2. The third kappa shape index (κ3) is 42.5. The lowest BCUT2D eigenvalue weighted by Crippen LogP contribution is -2.37.